The van der Waals surface area contributed by atoms with E-state index in [-0.39, 0.29) is 12.3 Å². The minimum atomic E-state index is -0.129. The van der Waals surface area contributed by atoms with Crippen molar-refractivity contribution in [3.05, 3.63) is 41.5 Å². The largest absolute Gasteiger partial charge is 0.493 e. The number of carbonyl (C=O) groups excluding carboxylic acids is 1. The van der Waals surface area contributed by atoms with Crippen LogP contribution in [0, 0.1) is 0 Å². The molecular formula is C20H24BNO5. The average Bonchev–Trinajstić information content (AvgIpc) is 2.68. The van der Waals surface area contributed by atoms with Gasteiger partial charge in [0.1, 0.15) is 7.85 Å². The van der Waals surface area contributed by atoms with E-state index in [0.717, 1.165) is 5.56 Å². The lowest BCUT2D eigenvalue weighted by Crippen LogP contribution is -2.29. The fourth-order valence-electron chi connectivity index (χ4n) is 2.87. The lowest BCUT2D eigenvalue weighted by molar-refractivity contribution is -0.120. The van der Waals surface area contributed by atoms with E-state index < -0.39 is 0 Å². The van der Waals surface area contributed by atoms with Crippen molar-refractivity contribution in [3.63, 3.8) is 0 Å². The van der Waals surface area contributed by atoms with Gasteiger partial charge in [0.25, 0.3) is 0 Å². The van der Waals surface area contributed by atoms with E-state index in [9.17, 15) is 4.79 Å². The Morgan fingerprint density at radius 3 is 2.19 bits per heavy atom. The monoisotopic (exact) mass is 369 g/mol. The summed E-state index contributed by atoms with van der Waals surface area (Å²) in [5, 5.41) is 2.90. The van der Waals surface area contributed by atoms with Crippen LogP contribution in [0.25, 0.3) is 0 Å². The number of amides is 1. The summed E-state index contributed by atoms with van der Waals surface area (Å²) in [7, 11) is 12.3. The summed E-state index contributed by atoms with van der Waals surface area (Å²) in [6.45, 7) is 0.468. The minimum Gasteiger partial charge on any atom is -0.493 e. The van der Waals surface area contributed by atoms with Crippen molar-refractivity contribution in [3.8, 4) is 23.0 Å². The van der Waals surface area contributed by atoms with Crippen LogP contribution in [0.15, 0.2) is 30.3 Å². The number of rotatable bonds is 9. The molecule has 0 aliphatic heterocycles. The quantitative estimate of drug-likeness (QED) is 0.678. The lowest BCUT2D eigenvalue weighted by Gasteiger charge is -2.15. The maximum Gasteiger partial charge on any atom is 0.224 e. The number of carbonyl (C=O) groups is 1. The zero-order valence-corrected chi connectivity index (χ0v) is 16.1. The summed E-state index contributed by atoms with van der Waals surface area (Å²) in [4.78, 5) is 12.3. The van der Waals surface area contributed by atoms with Crippen LogP contribution in [-0.2, 0) is 17.6 Å². The molecule has 1 amide bonds. The highest BCUT2D eigenvalue weighted by molar-refractivity contribution is 6.36. The van der Waals surface area contributed by atoms with E-state index in [2.05, 4.69) is 5.32 Å². The zero-order chi connectivity index (χ0) is 19.8. The van der Waals surface area contributed by atoms with Gasteiger partial charge in [0.15, 0.2) is 23.0 Å². The Morgan fingerprint density at radius 2 is 1.56 bits per heavy atom. The van der Waals surface area contributed by atoms with E-state index in [1.165, 1.54) is 14.2 Å². The summed E-state index contributed by atoms with van der Waals surface area (Å²) in [5.74, 6) is 2.18. The number of benzene rings is 2. The molecule has 2 radical (unpaired) electrons. The van der Waals surface area contributed by atoms with Gasteiger partial charge in [-0.25, -0.2) is 0 Å². The van der Waals surface area contributed by atoms with Crippen molar-refractivity contribution < 1.29 is 23.7 Å². The maximum atomic E-state index is 12.3. The Bertz CT molecular complexity index is 794. The van der Waals surface area contributed by atoms with E-state index in [0.29, 0.717) is 47.0 Å². The van der Waals surface area contributed by atoms with Gasteiger partial charge in [-0.3, -0.25) is 4.79 Å². The van der Waals surface area contributed by atoms with Crippen molar-refractivity contribution >= 4 is 19.2 Å². The van der Waals surface area contributed by atoms with Crippen LogP contribution in [0.2, 0.25) is 0 Å². The third-order valence-electron chi connectivity index (χ3n) is 4.23. The van der Waals surface area contributed by atoms with Crippen LogP contribution < -0.4 is 29.7 Å². The second-order valence-corrected chi connectivity index (χ2v) is 5.80. The Hall–Kier alpha value is -2.83. The molecule has 2 aromatic carbocycles. The second-order valence-electron chi connectivity index (χ2n) is 5.80. The van der Waals surface area contributed by atoms with Gasteiger partial charge in [0, 0.05) is 6.54 Å². The van der Waals surface area contributed by atoms with Gasteiger partial charge >= 0.3 is 0 Å². The van der Waals surface area contributed by atoms with Gasteiger partial charge in [-0.15, -0.1) is 0 Å². The Balaban J connectivity index is 1.98. The number of para-hydroxylation sites is 1. The highest BCUT2D eigenvalue weighted by atomic mass is 16.5. The lowest BCUT2D eigenvalue weighted by atomic mass is 9.87. The molecule has 0 aliphatic carbocycles. The molecular weight excluding hydrogens is 345 g/mol. The van der Waals surface area contributed by atoms with Crippen molar-refractivity contribution in [2.24, 2.45) is 0 Å². The molecule has 0 bridgehead atoms. The smallest absolute Gasteiger partial charge is 0.224 e. The van der Waals surface area contributed by atoms with Gasteiger partial charge < -0.3 is 24.3 Å². The van der Waals surface area contributed by atoms with Crippen molar-refractivity contribution in [1.82, 2.24) is 5.32 Å². The highest BCUT2D eigenvalue weighted by Crippen LogP contribution is 2.30. The van der Waals surface area contributed by atoms with Gasteiger partial charge in [-0.05, 0) is 35.1 Å². The molecule has 0 aliphatic rings. The predicted molar refractivity (Wildman–Crippen MR) is 105 cm³/mol. The van der Waals surface area contributed by atoms with E-state index in [4.69, 9.17) is 26.8 Å². The summed E-state index contributed by atoms with van der Waals surface area (Å²) < 4.78 is 21.2. The van der Waals surface area contributed by atoms with E-state index in [1.807, 2.05) is 18.2 Å². The molecule has 2 rings (SSSR count). The first-order valence-electron chi connectivity index (χ1n) is 8.51. The topological polar surface area (TPSA) is 66.0 Å². The molecule has 2 aromatic rings. The summed E-state index contributed by atoms with van der Waals surface area (Å²) in [5.41, 5.74) is 2.05. The fourth-order valence-corrected chi connectivity index (χ4v) is 2.87. The van der Waals surface area contributed by atoms with Crippen LogP contribution in [0.1, 0.15) is 11.1 Å². The van der Waals surface area contributed by atoms with Crippen LogP contribution in [0.3, 0.4) is 0 Å². The molecule has 0 saturated carbocycles. The molecule has 0 heterocycles. The van der Waals surface area contributed by atoms with E-state index >= 15 is 0 Å². The van der Waals surface area contributed by atoms with Crippen molar-refractivity contribution in [1.29, 1.82) is 0 Å². The third kappa shape index (κ3) is 4.87. The molecule has 7 heteroatoms. The predicted octanol–water partition coefficient (Wildman–Crippen LogP) is 1.42. The molecule has 0 atom stereocenters. The highest BCUT2D eigenvalue weighted by Gasteiger charge is 2.14. The minimum absolute atomic E-state index is 0.129. The molecule has 0 fully saturated rings. The molecule has 0 unspecified atom stereocenters. The Morgan fingerprint density at radius 1 is 0.889 bits per heavy atom. The molecule has 1 N–H and O–H groups in total. The first-order valence-corrected chi connectivity index (χ1v) is 8.51. The molecule has 0 aromatic heterocycles. The van der Waals surface area contributed by atoms with Crippen LogP contribution in [-0.4, -0.2) is 48.7 Å². The van der Waals surface area contributed by atoms with Crippen LogP contribution in [0.4, 0.5) is 0 Å². The number of hydrogen-bond donors (Lipinski definition) is 1. The standard InChI is InChI=1S/C20H24BNO5/c1-24-15-7-5-6-13(19(15)26-3)10-11-22-17(23)12-14-8-9-16(25-2)20(27-4)18(14)21/h5-9H,10-12H2,1-4H3,(H,22,23). The summed E-state index contributed by atoms with van der Waals surface area (Å²) >= 11 is 0. The molecule has 0 saturated heterocycles. The first-order chi connectivity index (χ1) is 13.0. The third-order valence-corrected chi connectivity index (χ3v) is 4.23. The van der Waals surface area contributed by atoms with Crippen molar-refractivity contribution in [2.75, 3.05) is 35.0 Å². The summed E-state index contributed by atoms with van der Waals surface area (Å²) in [6, 6.07) is 9.17. The molecule has 142 valence electrons. The second kappa shape index (κ2) is 9.76. The van der Waals surface area contributed by atoms with Crippen molar-refractivity contribution in [2.45, 2.75) is 12.8 Å². The molecule has 27 heavy (non-hydrogen) atoms. The van der Waals surface area contributed by atoms with Crippen LogP contribution >= 0.6 is 0 Å². The summed E-state index contributed by atoms with van der Waals surface area (Å²) in [6.07, 6.45) is 0.773. The Labute approximate surface area is 161 Å². The normalized spacial score (nSPS) is 10.2. The number of ether oxygens (including phenoxy) is 4. The molecule has 0 spiro atoms. The maximum absolute atomic E-state index is 12.3. The van der Waals surface area contributed by atoms with Crippen LogP contribution in [0.5, 0.6) is 23.0 Å². The zero-order valence-electron chi connectivity index (χ0n) is 16.1. The van der Waals surface area contributed by atoms with Gasteiger partial charge in [-0.2, -0.15) is 0 Å². The SMILES string of the molecule is [B]c1c(CC(=O)NCCc2cccc(OC)c2OC)ccc(OC)c1OC. The van der Waals surface area contributed by atoms with Gasteiger partial charge in [0.2, 0.25) is 5.91 Å². The first kappa shape index (κ1) is 20.5. The number of nitrogens with one attached hydrogen (secondary N) is 1. The average molecular weight is 369 g/mol. The van der Waals surface area contributed by atoms with E-state index in [1.54, 1.807) is 26.4 Å². The number of methoxy groups -OCH3 is 4. The Kier molecular flexibility index (Phi) is 7.40. The number of hydrogen-bond acceptors (Lipinski definition) is 5. The van der Waals surface area contributed by atoms with Gasteiger partial charge in [-0.1, -0.05) is 18.2 Å². The van der Waals surface area contributed by atoms with Gasteiger partial charge in [0.05, 0.1) is 34.9 Å². The molecule has 6 nitrogen and oxygen atoms in total. The fraction of sp³-hybridized carbons (Fsp3) is 0.350.